The van der Waals surface area contributed by atoms with Crippen LogP contribution in [-0.4, -0.2) is 49.4 Å². The van der Waals surface area contributed by atoms with Crippen molar-refractivity contribution in [3.05, 3.63) is 22.8 Å². The van der Waals surface area contributed by atoms with E-state index < -0.39 is 5.60 Å². The molecule has 3 heterocycles. The molecule has 25 heavy (non-hydrogen) atoms. The van der Waals surface area contributed by atoms with Gasteiger partial charge in [-0.3, -0.25) is 9.48 Å². The van der Waals surface area contributed by atoms with Gasteiger partial charge in [-0.15, -0.1) is 11.3 Å². The molecule has 0 unspecified atom stereocenters. The summed E-state index contributed by atoms with van der Waals surface area (Å²) in [5, 5.41) is 15.4. The van der Waals surface area contributed by atoms with Crippen LogP contribution in [0.4, 0.5) is 0 Å². The van der Waals surface area contributed by atoms with Gasteiger partial charge in [0, 0.05) is 31.2 Å². The van der Waals surface area contributed by atoms with Gasteiger partial charge in [0.15, 0.2) is 0 Å². The van der Waals surface area contributed by atoms with Crippen LogP contribution in [0, 0.1) is 12.8 Å². The van der Waals surface area contributed by atoms with Crippen LogP contribution in [0.5, 0.6) is 0 Å². The molecule has 1 aliphatic rings. The Hall–Kier alpha value is -1.73. The minimum absolute atomic E-state index is 0.147. The van der Waals surface area contributed by atoms with Gasteiger partial charge in [0.1, 0.15) is 10.7 Å². The molecule has 2 aromatic rings. The van der Waals surface area contributed by atoms with Crippen LogP contribution in [0.1, 0.15) is 37.3 Å². The molecular formula is C18H26N4O2S. The smallest absolute Gasteiger partial charge is 0.227 e. The lowest BCUT2D eigenvalue weighted by Crippen LogP contribution is -2.44. The Morgan fingerprint density at radius 3 is 2.64 bits per heavy atom. The second-order valence-corrected chi connectivity index (χ2v) is 8.47. The quantitative estimate of drug-likeness (QED) is 0.907. The Labute approximate surface area is 152 Å². The molecule has 0 aromatic carbocycles. The zero-order chi connectivity index (χ0) is 18.2. The van der Waals surface area contributed by atoms with Gasteiger partial charge in [0.05, 0.1) is 17.7 Å². The first kappa shape index (κ1) is 18.1. The fourth-order valence-corrected chi connectivity index (χ4v) is 4.33. The molecule has 0 atom stereocenters. The Morgan fingerprint density at radius 1 is 1.40 bits per heavy atom. The van der Waals surface area contributed by atoms with E-state index in [-0.39, 0.29) is 11.8 Å². The molecule has 0 radical (unpaired) electrons. The fourth-order valence-electron chi connectivity index (χ4n) is 3.32. The summed E-state index contributed by atoms with van der Waals surface area (Å²) in [5.41, 5.74) is 1.09. The molecule has 1 aliphatic heterocycles. The molecule has 1 N–H and O–H groups in total. The maximum absolute atomic E-state index is 12.6. The van der Waals surface area contributed by atoms with E-state index in [1.54, 1.807) is 16.0 Å². The van der Waals surface area contributed by atoms with Crippen LogP contribution in [0.3, 0.4) is 0 Å². The Morgan fingerprint density at radius 2 is 2.08 bits per heavy atom. The Balaban J connectivity index is 1.63. The third-order valence-corrected chi connectivity index (χ3v) is 6.16. The predicted octanol–water partition coefficient (Wildman–Crippen LogP) is 2.40. The molecule has 0 aliphatic carbocycles. The van der Waals surface area contributed by atoms with Crippen molar-refractivity contribution in [1.29, 1.82) is 0 Å². The number of likely N-dealkylation sites (tertiary alicyclic amines) is 1. The van der Waals surface area contributed by atoms with Crippen LogP contribution in [0.25, 0.3) is 10.7 Å². The molecule has 0 bridgehead atoms. The predicted molar refractivity (Wildman–Crippen MR) is 98.4 cm³/mol. The Bertz CT molecular complexity index is 751. The van der Waals surface area contributed by atoms with Crippen LogP contribution in [0.15, 0.2) is 12.3 Å². The summed E-state index contributed by atoms with van der Waals surface area (Å²) >= 11 is 1.55. The molecule has 0 saturated carbocycles. The molecule has 2 aromatic heterocycles. The minimum Gasteiger partial charge on any atom is -0.390 e. The summed E-state index contributed by atoms with van der Waals surface area (Å²) in [6, 6.07) is 1.94. The molecule has 3 rings (SSSR count). The summed E-state index contributed by atoms with van der Waals surface area (Å²) in [6.07, 6.45) is 4.00. The van der Waals surface area contributed by atoms with Crippen molar-refractivity contribution in [2.45, 2.75) is 45.6 Å². The van der Waals surface area contributed by atoms with E-state index >= 15 is 0 Å². The number of nitrogens with zero attached hydrogens (tertiary/aromatic N) is 4. The van der Waals surface area contributed by atoms with Gasteiger partial charge in [-0.2, -0.15) is 5.10 Å². The van der Waals surface area contributed by atoms with Crippen molar-refractivity contribution in [2.24, 2.45) is 13.0 Å². The normalized spacial score (nSPS) is 16.4. The summed E-state index contributed by atoms with van der Waals surface area (Å²) in [7, 11) is 1.88. The number of aliphatic hydroxyl groups is 1. The van der Waals surface area contributed by atoms with E-state index in [1.807, 2.05) is 45.0 Å². The number of piperidine rings is 1. The van der Waals surface area contributed by atoms with Gasteiger partial charge in [-0.25, -0.2) is 4.98 Å². The third-order valence-electron chi connectivity index (χ3n) is 4.98. The van der Waals surface area contributed by atoms with Crippen LogP contribution >= 0.6 is 11.3 Å². The highest BCUT2D eigenvalue weighted by atomic mass is 32.1. The lowest BCUT2D eigenvalue weighted by Gasteiger charge is -2.37. The van der Waals surface area contributed by atoms with E-state index in [0.29, 0.717) is 6.42 Å². The number of carbonyl (C=O) groups excluding carboxylic acids is 1. The number of hydrogen-bond donors (Lipinski definition) is 1. The van der Waals surface area contributed by atoms with E-state index in [2.05, 4.69) is 10.1 Å². The minimum atomic E-state index is -0.666. The van der Waals surface area contributed by atoms with Gasteiger partial charge in [-0.1, -0.05) is 0 Å². The second kappa shape index (κ2) is 6.88. The van der Waals surface area contributed by atoms with Crippen molar-refractivity contribution in [3.63, 3.8) is 0 Å². The van der Waals surface area contributed by atoms with E-state index in [4.69, 9.17) is 0 Å². The summed E-state index contributed by atoms with van der Waals surface area (Å²) in [5.74, 6) is 0.408. The average molecular weight is 362 g/mol. The van der Waals surface area contributed by atoms with Crippen LogP contribution in [-0.2, 0) is 18.3 Å². The van der Waals surface area contributed by atoms with Gasteiger partial charge < -0.3 is 10.0 Å². The first-order valence-electron chi connectivity index (χ1n) is 8.70. The molecule has 1 fully saturated rings. The number of hydrogen-bond acceptors (Lipinski definition) is 5. The summed E-state index contributed by atoms with van der Waals surface area (Å²) in [4.78, 5) is 20.2. The molecule has 6 nitrogen and oxygen atoms in total. The van der Waals surface area contributed by atoms with Gasteiger partial charge >= 0.3 is 0 Å². The first-order chi connectivity index (χ1) is 11.7. The zero-order valence-electron chi connectivity index (χ0n) is 15.3. The van der Waals surface area contributed by atoms with Crippen molar-refractivity contribution in [1.82, 2.24) is 19.7 Å². The first-order valence-corrected chi connectivity index (χ1v) is 9.52. The lowest BCUT2D eigenvalue weighted by atomic mass is 9.83. The van der Waals surface area contributed by atoms with Crippen molar-refractivity contribution < 1.29 is 9.90 Å². The Kier molecular flexibility index (Phi) is 4.97. The molecule has 7 heteroatoms. The number of amides is 1. The second-order valence-electron chi connectivity index (χ2n) is 7.39. The number of thiazole rings is 1. The largest absolute Gasteiger partial charge is 0.390 e. The fraction of sp³-hybridized carbons (Fsp3) is 0.611. The monoisotopic (exact) mass is 362 g/mol. The molecular weight excluding hydrogens is 336 g/mol. The van der Waals surface area contributed by atoms with E-state index in [0.717, 1.165) is 47.2 Å². The molecule has 1 amide bonds. The van der Waals surface area contributed by atoms with E-state index in [1.165, 1.54) is 0 Å². The van der Waals surface area contributed by atoms with Crippen LogP contribution < -0.4 is 0 Å². The average Bonchev–Trinajstić information content (AvgIpc) is 3.13. The van der Waals surface area contributed by atoms with E-state index in [9.17, 15) is 9.90 Å². The maximum Gasteiger partial charge on any atom is 0.227 e. The summed E-state index contributed by atoms with van der Waals surface area (Å²) in [6.45, 7) is 7.10. The number of aromatic nitrogens is 3. The van der Waals surface area contributed by atoms with Gasteiger partial charge in [-0.05, 0) is 45.6 Å². The van der Waals surface area contributed by atoms with Crippen molar-refractivity contribution >= 4 is 17.2 Å². The standard InChI is InChI=1S/C18H26N4O2S/c1-12-15(25-17(19-12)14-7-8-21(4)20-14)11-16(23)22-9-5-13(6-10-22)18(2,3)24/h7-8,13,24H,5-6,9-11H2,1-4H3. The van der Waals surface area contributed by atoms with Gasteiger partial charge in [0.25, 0.3) is 0 Å². The molecule has 1 saturated heterocycles. The maximum atomic E-state index is 12.6. The number of carbonyl (C=O) groups is 1. The van der Waals surface area contributed by atoms with Crippen molar-refractivity contribution in [2.75, 3.05) is 13.1 Å². The highest BCUT2D eigenvalue weighted by Crippen LogP contribution is 2.30. The molecule has 136 valence electrons. The highest BCUT2D eigenvalue weighted by molar-refractivity contribution is 7.15. The summed E-state index contributed by atoms with van der Waals surface area (Å²) < 4.78 is 1.75. The van der Waals surface area contributed by atoms with Crippen molar-refractivity contribution in [3.8, 4) is 10.7 Å². The lowest BCUT2D eigenvalue weighted by molar-refractivity contribution is -0.133. The van der Waals surface area contributed by atoms with Gasteiger partial charge in [0.2, 0.25) is 5.91 Å². The zero-order valence-corrected chi connectivity index (χ0v) is 16.1. The van der Waals surface area contributed by atoms with Crippen LogP contribution in [0.2, 0.25) is 0 Å². The number of aryl methyl sites for hydroxylation is 2. The topological polar surface area (TPSA) is 71.2 Å². The number of rotatable bonds is 4. The molecule has 0 spiro atoms. The third kappa shape index (κ3) is 4.10. The highest BCUT2D eigenvalue weighted by Gasteiger charge is 2.32. The SMILES string of the molecule is Cc1nc(-c2ccn(C)n2)sc1CC(=O)N1CCC(C(C)(C)O)CC1.